The molecule has 1 amide bonds. The van der Waals surface area contributed by atoms with Crippen LogP contribution in [0.15, 0.2) is 71.8 Å². The number of piperidine rings is 1. The number of methoxy groups -OCH3 is 2. The third kappa shape index (κ3) is 6.17. The zero-order valence-electron chi connectivity index (χ0n) is 23.5. The van der Waals surface area contributed by atoms with Gasteiger partial charge in [-0.05, 0) is 92.6 Å². The summed E-state index contributed by atoms with van der Waals surface area (Å²) in [6.07, 6.45) is 3.96. The van der Waals surface area contributed by atoms with Crippen LogP contribution < -0.4 is 9.47 Å². The molecule has 0 saturated carbocycles. The standard InChI is InChI=1S/C33H39N3O3/c1-23-10-11-27(18-24(23)2)30-21-31(29-13-12-28(38-3)20-32(29)39-4)36(34-30)33(37)22-35-16-14-26(15-17-35)19-25-8-6-5-7-9-25/h5-13,18,20,26,31H,14-17,19,21-22H2,1-4H3/t31-/m0/s1. The van der Waals surface area contributed by atoms with Crippen LogP contribution in [0.3, 0.4) is 0 Å². The molecule has 0 unspecified atom stereocenters. The van der Waals surface area contributed by atoms with Crippen LogP contribution >= 0.6 is 0 Å². The lowest BCUT2D eigenvalue weighted by Gasteiger charge is -2.33. The first-order valence-corrected chi connectivity index (χ1v) is 13.9. The zero-order chi connectivity index (χ0) is 27.4. The minimum Gasteiger partial charge on any atom is -0.497 e. The molecule has 0 aliphatic carbocycles. The van der Waals surface area contributed by atoms with Gasteiger partial charge in [-0.3, -0.25) is 9.69 Å². The molecule has 2 aliphatic heterocycles. The molecule has 1 saturated heterocycles. The summed E-state index contributed by atoms with van der Waals surface area (Å²) < 4.78 is 11.1. The van der Waals surface area contributed by atoms with E-state index in [-0.39, 0.29) is 11.9 Å². The maximum Gasteiger partial charge on any atom is 0.257 e. The molecule has 0 spiro atoms. The van der Waals surface area contributed by atoms with Gasteiger partial charge in [-0.15, -0.1) is 0 Å². The molecule has 3 aromatic carbocycles. The fraction of sp³-hybridized carbons (Fsp3) is 0.394. The number of amides is 1. The van der Waals surface area contributed by atoms with Crippen LogP contribution in [0.25, 0.3) is 0 Å². The number of rotatable bonds is 8. The predicted octanol–water partition coefficient (Wildman–Crippen LogP) is 5.95. The van der Waals surface area contributed by atoms with Gasteiger partial charge in [-0.1, -0.05) is 42.5 Å². The molecule has 2 heterocycles. The van der Waals surface area contributed by atoms with Gasteiger partial charge in [-0.25, -0.2) is 5.01 Å². The normalized spacial score (nSPS) is 18.2. The van der Waals surface area contributed by atoms with Crippen LogP contribution in [0.1, 0.15) is 53.1 Å². The van der Waals surface area contributed by atoms with Crippen LogP contribution in [0.2, 0.25) is 0 Å². The smallest absolute Gasteiger partial charge is 0.257 e. The number of aryl methyl sites for hydroxylation is 2. The van der Waals surface area contributed by atoms with E-state index < -0.39 is 0 Å². The maximum absolute atomic E-state index is 13.8. The van der Waals surface area contributed by atoms with Crippen LogP contribution in [0.4, 0.5) is 0 Å². The second kappa shape index (κ2) is 12.0. The lowest BCUT2D eigenvalue weighted by atomic mass is 9.90. The van der Waals surface area contributed by atoms with Gasteiger partial charge in [-0.2, -0.15) is 5.10 Å². The van der Waals surface area contributed by atoms with Gasteiger partial charge < -0.3 is 9.47 Å². The molecule has 1 atom stereocenters. The van der Waals surface area contributed by atoms with Crippen LogP contribution in [-0.4, -0.2) is 55.4 Å². The van der Waals surface area contributed by atoms with E-state index in [1.807, 2.05) is 18.2 Å². The van der Waals surface area contributed by atoms with Gasteiger partial charge in [0.2, 0.25) is 0 Å². The summed E-state index contributed by atoms with van der Waals surface area (Å²) in [7, 11) is 3.30. The summed E-state index contributed by atoms with van der Waals surface area (Å²) in [5.74, 6) is 2.12. The SMILES string of the molecule is COc1ccc([C@@H]2CC(c3ccc(C)c(C)c3)=NN2C(=O)CN2CCC(Cc3ccccc3)CC2)c(OC)c1. The Hall–Kier alpha value is -3.64. The van der Waals surface area contributed by atoms with Crippen molar-refractivity contribution < 1.29 is 14.3 Å². The Balaban J connectivity index is 1.33. The van der Waals surface area contributed by atoms with E-state index in [1.54, 1.807) is 19.2 Å². The van der Waals surface area contributed by atoms with Crippen molar-refractivity contribution in [2.75, 3.05) is 33.9 Å². The van der Waals surface area contributed by atoms with E-state index in [1.165, 1.54) is 16.7 Å². The lowest BCUT2D eigenvalue weighted by Crippen LogP contribution is -2.42. The number of nitrogens with zero attached hydrogens (tertiary/aromatic N) is 3. The van der Waals surface area contributed by atoms with E-state index in [4.69, 9.17) is 14.6 Å². The topological polar surface area (TPSA) is 54.4 Å². The highest BCUT2D eigenvalue weighted by Gasteiger charge is 2.36. The Kier molecular flexibility index (Phi) is 8.32. The van der Waals surface area contributed by atoms with Gasteiger partial charge in [0.15, 0.2) is 0 Å². The first-order chi connectivity index (χ1) is 18.9. The third-order valence-corrected chi connectivity index (χ3v) is 8.24. The fourth-order valence-corrected chi connectivity index (χ4v) is 5.73. The third-order valence-electron chi connectivity index (χ3n) is 8.24. The van der Waals surface area contributed by atoms with Crippen molar-refractivity contribution >= 4 is 11.6 Å². The molecular weight excluding hydrogens is 486 g/mol. The summed E-state index contributed by atoms with van der Waals surface area (Å²) in [5, 5.41) is 6.63. The molecule has 1 fully saturated rings. The molecule has 2 aliphatic rings. The number of hydrogen-bond donors (Lipinski definition) is 0. The molecule has 0 N–H and O–H groups in total. The van der Waals surface area contributed by atoms with Crippen LogP contribution in [0.5, 0.6) is 11.5 Å². The first-order valence-electron chi connectivity index (χ1n) is 13.9. The van der Waals surface area contributed by atoms with Crippen molar-refractivity contribution in [1.82, 2.24) is 9.91 Å². The van der Waals surface area contributed by atoms with Gasteiger partial charge >= 0.3 is 0 Å². The summed E-state index contributed by atoms with van der Waals surface area (Å²) in [6, 6.07) is 22.7. The number of hydrogen-bond acceptors (Lipinski definition) is 5. The summed E-state index contributed by atoms with van der Waals surface area (Å²) in [6.45, 7) is 6.46. The quantitative estimate of drug-likeness (QED) is 0.365. The Bertz CT molecular complexity index is 1330. The molecule has 6 nitrogen and oxygen atoms in total. The van der Waals surface area contributed by atoms with Crippen molar-refractivity contribution in [1.29, 1.82) is 0 Å². The Morgan fingerprint density at radius 3 is 2.38 bits per heavy atom. The van der Waals surface area contributed by atoms with Crippen molar-refractivity contribution in [3.05, 3.63) is 94.5 Å². The van der Waals surface area contributed by atoms with E-state index in [2.05, 4.69) is 67.3 Å². The number of carbonyl (C=O) groups is 1. The van der Waals surface area contributed by atoms with Crippen molar-refractivity contribution in [3.63, 3.8) is 0 Å². The number of carbonyl (C=O) groups excluding carboxylic acids is 1. The van der Waals surface area contributed by atoms with Gasteiger partial charge in [0.25, 0.3) is 5.91 Å². The van der Waals surface area contributed by atoms with Gasteiger partial charge in [0.05, 0.1) is 32.5 Å². The summed E-state index contributed by atoms with van der Waals surface area (Å²) in [5.41, 5.74) is 6.79. The Morgan fingerprint density at radius 1 is 0.923 bits per heavy atom. The minimum absolute atomic E-state index is 0.0261. The maximum atomic E-state index is 13.8. The molecule has 5 rings (SSSR count). The number of likely N-dealkylation sites (tertiary alicyclic amines) is 1. The largest absolute Gasteiger partial charge is 0.497 e. The van der Waals surface area contributed by atoms with Crippen LogP contribution in [-0.2, 0) is 11.2 Å². The average molecular weight is 526 g/mol. The second-order valence-corrected chi connectivity index (χ2v) is 10.8. The molecule has 3 aromatic rings. The molecule has 0 aromatic heterocycles. The van der Waals surface area contributed by atoms with Crippen molar-refractivity contribution in [2.24, 2.45) is 11.0 Å². The highest BCUT2D eigenvalue weighted by Crippen LogP contribution is 2.39. The minimum atomic E-state index is -0.231. The molecule has 204 valence electrons. The molecule has 6 heteroatoms. The number of hydrazone groups is 1. The molecule has 0 radical (unpaired) electrons. The zero-order valence-corrected chi connectivity index (χ0v) is 23.5. The van der Waals surface area contributed by atoms with E-state index in [9.17, 15) is 4.79 Å². The molecule has 39 heavy (non-hydrogen) atoms. The molecular formula is C33H39N3O3. The summed E-state index contributed by atoms with van der Waals surface area (Å²) in [4.78, 5) is 16.1. The van der Waals surface area contributed by atoms with Gasteiger partial charge in [0.1, 0.15) is 11.5 Å². The number of benzene rings is 3. The Morgan fingerprint density at radius 2 is 1.69 bits per heavy atom. The van der Waals surface area contributed by atoms with E-state index in [0.29, 0.717) is 24.6 Å². The first kappa shape index (κ1) is 26.9. The highest BCUT2D eigenvalue weighted by atomic mass is 16.5. The van der Waals surface area contributed by atoms with Crippen molar-refractivity contribution in [2.45, 2.75) is 45.6 Å². The lowest BCUT2D eigenvalue weighted by molar-refractivity contribution is -0.134. The van der Waals surface area contributed by atoms with Gasteiger partial charge in [0, 0.05) is 18.1 Å². The van der Waals surface area contributed by atoms with Crippen LogP contribution in [0, 0.1) is 19.8 Å². The Labute approximate surface area is 232 Å². The predicted molar refractivity (Wildman–Crippen MR) is 156 cm³/mol. The average Bonchev–Trinajstić information content (AvgIpc) is 3.41. The molecule has 0 bridgehead atoms. The summed E-state index contributed by atoms with van der Waals surface area (Å²) >= 11 is 0. The number of ether oxygens (including phenoxy) is 2. The monoisotopic (exact) mass is 525 g/mol. The van der Waals surface area contributed by atoms with E-state index >= 15 is 0 Å². The highest BCUT2D eigenvalue weighted by molar-refractivity contribution is 6.03. The fourth-order valence-electron chi connectivity index (χ4n) is 5.73. The second-order valence-electron chi connectivity index (χ2n) is 10.8. The van der Waals surface area contributed by atoms with Crippen molar-refractivity contribution in [3.8, 4) is 11.5 Å². The van der Waals surface area contributed by atoms with E-state index in [0.717, 1.165) is 54.9 Å².